The Labute approximate surface area is 159 Å². The van der Waals surface area contributed by atoms with E-state index in [9.17, 15) is 0 Å². The largest absolute Gasteiger partial charge is 1.00 e. The van der Waals surface area contributed by atoms with Crippen LogP contribution in [0.25, 0.3) is 5.57 Å². The van der Waals surface area contributed by atoms with Crippen molar-refractivity contribution < 1.29 is 61.9 Å². The Morgan fingerprint density at radius 2 is 1.89 bits per heavy atom. The number of halogens is 4. The van der Waals surface area contributed by atoms with Gasteiger partial charge in [0.05, 0.1) is 0 Å². The predicted octanol–water partition coefficient (Wildman–Crippen LogP) is -5.00. The van der Waals surface area contributed by atoms with E-state index < -0.39 is 0 Å². The first kappa shape index (κ1) is 19.5. The summed E-state index contributed by atoms with van der Waals surface area (Å²) in [6, 6.07) is 6.63. The molecule has 1 atom stereocenters. The van der Waals surface area contributed by atoms with Gasteiger partial charge in [-0.3, -0.25) is 0 Å². The SMILES string of the molecule is CC1=CC2Sc3cccc(I)c3C2=[C]1[Zr+3].[Cl-].[Cl-].[Cl-]. The Balaban J connectivity index is 0.000000963. The molecule has 1 aliphatic carbocycles. The number of hydrogen-bond acceptors (Lipinski definition) is 1. The van der Waals surface area contributed by atoms with Gasteiger partial charge in [-0.15, -0.1) is 0 Å². The van der Waals surface area contributed by atoms with E-state index in [1.807, 2.05) is 11.8 Å². The predicted molar refractivity (Wildman–Crippen MR) is 69.5 cm³/mol. The molecule has 6 heteroatoms. The maximum Gasteiger partial charge on any atom is -1.00 e. The van der Waals surface area contributed by atoms with E-state index in [-0.39, 0.29) is 37.2 Å². The molecule has 1 unspecified atom stereocenters. The van der Waals surface area contributed by atoms with Gasteiger partial charge in [0.2, 0.25) is 0 Å². The van der Waals surface area contributed by atoms with Crippen LogP contribution in [0, 0.1) is 3.57 Å². The van der Waals surface area contributed by atoms with Crippen LogP contribution in [0.3, 0.4) is 0 Å². The van der Waals surface area contributed by atoms with Gasteiger partial charge in [-0.1, -0.05) is 0 Å². The average Bonchev–Trinajstić information content (AvgIpc) is 2.66. The minimum Gasteiger partial charge on any atom is -1.00 e. The molecular weight excluding hydrogens is 501 g/mol. The zero-order valence-electron chi connectivity index (χ0n) is 9.31. The van der Waals surface area contributed by atoms with Crippen molar-refractivity contribution in [2.24, 2.45) is 0 Å². The van der Waals surface area contributed by atoms with E-state index in [1.54, 1.807) is 33.6 Å². The van der Waals surface area contributed by atoms with Crippen molar-refractivity contribution in [1.29, 1.82) is 0 Å². The molecule has 0 radical (unpaired) electrons. The van der Waals surface area contributed by atoms with Crippen LogP contribution in [-0.2, 0) is 24.7 Å². The molecule has 0 bridgehead atoms. The van der Waals surface area contributed by atoms with Gasteiger partial charge in [0.25, 0.3) is 0 Å². The van der Waals surface area contributed by atoms with Gasteiger partial charge in [0.15, 0.2) is 0 Å². The maximum atomic E-state index is 2.46. The van der Waals surface area contributed by atoms with Crippen LogP contribution in [0.15, 0.2) is 38.0 Å². The first-order chi connectivity index (χ1) is 7.18. The second-order valence-corrected chi connectivity index (χ2v) is 7.36. The van der Waals surface area contributed by atoms with Crippen LogP contribution in [-0.4, -0.2) is 5.25 Å². The van der Waals surface area contributed by atoms with Gasteiger partial charge in [-0.25, -0.2) is 0 Å². The summed E-state index contributed by atoms with van der Waals surface area (Å²) in [5.41, 5.74) is 4.59. The van der Waals surface area contributed by atoms with Crippen molar-refractivity contribution in [1.82, 2.24) is 0 Å². The molecule has 0 aromatic heterocycles. The average molecular weight is 509 g/mol. The van der Waals surface area contributed by atoms with Crippen molar-refractivity contribution in [3.8, 4) is 0 Å². The number of hydrogen-bond donors (Lipinski definition) is 0. The Kier molecular flexibility index (Phi) is 8.16. The summed E-state index contributed by atoms with van der Waals surface area (Å²) in [5.74, 6) is 0. The maximum absolute atomic E-state index is 2.46. The van der Waals surface area contributed by atoms with Gasteiger partial charge in [0.1, 0.15) is 0 Å². The minimum atomic E-state index is 0. The van der Waals surface area contributed by atoms with Crippen LogP contribution in [0.1, 0.15) is 12.5 Å². The van der Waals surface area contributed by atoms with Gasteiger partial charge in [0, 0.05) is 0 Å². The van der Waals surface area contributed by atoms with Crippen molar-refractivity contribution in [3.05, 3.63) is 42.3 Å². The molecule has 1 aromatic rings. The Bertz CT molecular complexity index is 528. The smallest absolute Gasteiger partial charge is 1.00 e. The molecule has 0 N–H and O–H groups in total. The number of rotatable bonds is 0. The normalized spacial score (nSPS) is 19.1. The van der Waals surface area contributed by atoms with Crippen molar-refractivity contribution >= 4 is 39.9 Å². The summed E-state index contributed by atoms with van der Waals surface area (Å²) in [4.78, 5) is 1.46. The van der Waals surface area contributed by atoms with Crippen molar-refractivity contribution in [2.45, 2.75) is 17.1 Å². The summed E-state index contributed by atoms with van der Waals surface area (Å²) in [6.45, 7) is 2.24. The summed E-state index contributed by atoms with van der Waals surface area (Å²) in [7, 11) is 0. The number of thioether (sulfide) groups is 1. The molecule has 94 valence electrons. The molecule has 1 aromatic carbocycles. The molecule has 0 spiro atoms. The van der Waals surface area contributed by atoms with E-state index in [4.69, 9.17) is 0 Å². The van der Waals surface area contributed by atoms with E-state index in [1.165, 1.54) is 19.6 Å². The van der Waals surface area contributed by atoms with Crippen molar-refractivity contribution in [2.75, 3.05) is 0 Å². The van der Waals surface area contributed by atoms with Gasteiger partial charge >= 0.3 is 124 Å². The van der Waals surface area contributed by atoms with E-state index >= 15 is 0 Å². The molecule has 0 amide bonds. The van der Waals surface area contributed by atoms with Crippen LogP contribution >= 0.6 is 34.4 Å². The quantitative estimate of drug-likeness (QED) is 0.317. The Morgan fingerprint density at radius 3 is 2.56 bits per heavy atom. The molecule has 0 saturated carbocycles. The van der Waals surface area contributed by atoms with Gasteiger partial charge < -0.3 is 37.2 Å². The molecular formula is C12H8Cl3ISZr. The second-order valence-electron chi connectivity index (χ2n) is 3.79. The minimum absolute atomic E-state index is 0. The third-order valence-electron chi connectivity index (χ3n) is 2.85. The molecule has 3 rings (SSSR count). The molecule has 0 saturated heterocycles. The number of benzene rings is 1. The third-order valence-corrected chi connectivity index (χ3v) is 6.60. The standard InChI is InChI=1S/C12H8IS.3ClH.Zr/c1-7-5-8-11(6-7)14-10-4-2-3-9(13)12(8)10;;;;/h2-4,6,11H,1H3;3*1H;/q;;;;+3/p-3. The fourth-order valence-electron chi connectivity index (χ4n) is 2.11. The third kappa shape index (κ3) is 3.07. The van der Waals surface area contributed by atoms with Crippen LogP contribution in [0.2, 0.25) is 0 Å². The summed E-state index contributed by atoms with van der Waals surface area (Å²) >= 11 is 6.01. The topological polar surface area (TPSA) is 0 Å². The van der Waals surface area contributed by atoms with E-state index in [0.29, 0.717) is 5.25 Å². The zero-order valence-corrected chi connectivity index (χ0v) is 17.0. The summed E-state index contributed by atoms with van der Waals surface area (Å²) < 4.78 is 2.97. The van der Waals surface area contributed by atoms with Gasteiger partial charge in [-0.05, 0) is 0 Å². The number of allylic oxidation sites excluding steroid dienone is 2. The summed E-state index contributed by atoms with van der Waals surface area (Å²) in [6.07, 6.45) is 2.42. The second kappa shape index (κ2) is 7.52. The molecule has 0 fully saturated rings. The van der Waals surface area contributed by atoms with Crippen LogP contribution in [0.4, 0.5) is 0 Å². The molecule has 0 nitrogen and oxygen atoms in total. The molecule has 1 heterocycles. The molecule has 2 aliphatic rings. The van der Waals surface area contributed by atoms with E-state index in [2.05, 4.69) is 53.8 Å². The number of fused-ring (bicyclic) bond motifs is 3. The molecule has 18 heavy (non-hydrogen) atoms. The van der Waals surface area contributed by atoms with Crippen LogP contribution in [0.5, 0.6) is 0 Å². The fourth-order valence-corrected chi connectivity index (χ4v) is 5.63. The fraction of sp³-hybridized carbons (Fsp3) is 0.167. The molecule has 1 aliphatic heterocycles. The van der Waals surface area contributed by atoms with E-state index in [0.717, 1.165) is 0 Å². The van der Waals surface area contributed by atoms with Crippen LogP contribution < -0.4 is 37.2 Å². The Morgan fingerprint density at radius 1 is 1.22 bits per heavy atom. The van der Waals surface area contributed by atoms with Crippen molar-refractivity contribution in [3.63, 3.8) is 0 Å². The first-order valence-electron chi connectivity index (χ1n) is 4.78. The monoisotopic (exact) mass is 506 g/mol. The Hall–Kier alpha value is 1.53. The van der Waals surface area contributed by atoms with Gasteiger partial charge in [-0.2, -0.15) is 0 Å². The first-order valence-corrected chi connectivity index (χ1v) is 7.97. The summed E-state index contributed by atoms with van der Waals surface area (Å²) in [5, 5.41) is 0.602. The zero-order chi connectivity index (χ0) is 10.6.